The normalized spacial score (nSPS) is 14.7. The highest BCUT2D eigenvalue weighted by atomic mass is 35.5. The summed E-state index contributed by atoms with van der Waals surface area (Å²) in [4.78, 5) is 23.7. The maximum Gasteiger partial charge on any atom is 0.229 e. The topological polar surface area (TPSA) is 61.4 Å². The Morgan fingerprint density at radius 3 is 2.61 bits per heavy atom. The van der Waals surface area contributed by atoms with Crippen LogP contribution in [0.1, 0.15) is 5.69 Å². The standard InChI is InChI=1S/C16H18ClN5O/c1-12-10-15(22-8-6-21(11-23)7-9-22)20-16(18-12)19-14-5-3-2-4-13(14)17/h2-5,10-11H,6-9H2,1H3,(H,18,19,20). The van der Waals surface area contributed by atoms with Gasteiger partial charge in [-0.05, 0) is 19.1 Å². The Hall–Kier alpha value is -2.34. The first kappa shape index (κ1) is 15.6. The van der Waals surface area contributed by atoms with E-state index in [1.165, 1.54) is 0 Å². The van der Waals surface area contributed by atoms with Gasteiger partial charge in [0.1, 0.15) is 5.82 Å². The molecule has 1 amide bonds. The minimum Gasteiger partial charge on any atom is -0.353 e. The van der Waals surface area contributed by atoms with Gasteiger partial charge in [0.25, 0.3) is 0 Å². The van der Waals surface area contributed by atoms with E-state index in [1.807, 2.05) is 37.3 Å². The number of hydrogen-bond donors (Lipinski definition) is 1. The Bertz CT molecular complexity index is 701. The van der Waals surface area contributed by atoms with Crippen LogP contribution in [0.5, 0.6) is 0 Å². The molecule has 1 aliphatic rings. The molecule has 2 heterocycles. The lowest BCUT2D eigenvalue weighted by Crippen LogP contribution is -2.46. The lowest BCUT2D eigenvalue weighted by Gasteiger charge is -2.33. The van der Waals surface area contributed by atoms with Crippen LogP contribution in [0.25, 0.3) is 0 Å². The zero-order chi connectivity index (χ0) is 16.2. The van der Waals surface area contributed by atoms with Crippen molar-refractivity contribution in [2.24, 2.45) is 0 Å². The molecule has 120 valence electrons. The molecule has 1 aromatic carbocycles. The second-order valence-corrected chi connectivity index (χ2v) is 5.83. The summed E-state index contributed by atoms with van der Waals surface area (Å²) in [7, 11) is 0. The molecule has 1 aromatic heterocycles. The number of para-hydroxylation sites is 1. The SMILES string of the molecule is Cc1cc(N2CCN(C=O)CC2)nc(Nc2ccccc2Cl)n1. The Kier molecular flexibility index (Phi) is 4.62. The lowest BCUT2D eigenvalue weighted by molar-refractivity contribution is -0.118. The number of aromatic nitrogens is 2. The molecule has 3 rings (SSSR count). The lowest BCUT2D eigenvalue weighted by atomic mass is 10.3. The number of carbonyl (C=O) groups is 1. The summed E-state index contributed by atoms with van der Waals surface area (Å²) in [5.41, 5.74) is 1.65. The molecule has 6 nitrogen and oxygen atoms in total. The number of halogens is 1. The van der Waals surface area contributed by atoms with E-state index in [9.17, 15) is 4.79 Å². The second kappa shape index (κ2) is 6.83. The van der Waals surface area contributed by atoms with E-state index in [0.717, 1.165) is 36.7 Å². The fourth-order valence-electron chi connectivity index (χ4n) is 2.51. The van der Waals surface area contributed by atoms with Crippen molar-refractivity contribution in [2.75, 3.05) is 36.4 Å². The third-order valence-electron chi connectivity index (χ3n) is 3.75. The van der Waals surface area contributed by atoms with Gasteiger partial charge in [0.15, 0.2) is 0 Å². The van der Waals surface area contributed by atoms with Crippen molar-refractivity contribution in [2.45, 2.75) is 6.92 Å². The fourth-order valence-corrected chi connectivity index (χ4v) is 2.69. The van der Waals surface area contributed by atoms with Gasteiger partial charge in [-0.2, -0.15) is 4.98 Å². The van der Waals surface area contributed by atoms with E-state index in [1.54, 1.807) is 4.90 Å². The molecule has 1 aliphatic heterocycles. The van der Waals surface area contributed by atoms with Gasteiger partial charge in [0.05, 0.1) is 10.7 Å². The smallest absolute Gasteiger partial charge is 0.229 e. The van der Waals surface area contributed by atoms with Crippen molar-refractivity contribution in [1.29, 1.82) is 0 Å². The van der Waals surface area contributed by atoms with Crippen molar-refractivity contribution >= 4 is 35.5 Å². The number of hydrogen-bond acceptors (Lipinski definition) is 5. The van der Waals surface area contributed by atoms with E-state index in [4.69, 9.17) is 11.6 Å². The highest BCUT2D eigenvalue weighted by Crippen LogP contribution is 2.24. The summed E-state index contributed by atoms with van der Waals surface area (Å²) < 4.78 is 0. The van der Waals surface area contributed by atoms with Crippen LogP contribution in [0, 0.1) is 6.92 Å². The first-order valence-electron chi connectivity index (χ1n) is 7.47. The molecule has 0 saturated carbocycles. The van der Waals surface area contributed by atoms with Crippen LogP contribution < -0.4 is 10.2 Å². The van der Waals surface area contributed by atoms with Gasteiger partial charge in [-0.15, -0.1) is 0 Å². The van der Waals surface area contributed by atoms with E-state index < -0.39 is 0 Å². The van der Waals surface area contributed by atoms with Crippen molar-refractivity contribution in [1.82, 2.24) is 14.9 Å². The summed E-state index contributed by atoms with van der Waals surface area (Å²) in [6, 6.07) is 9.44. The predicted octanol–water partition coefficient (Wildman–Crippen LogP) is 2.46. The molecule has 7 heteroatoms. The minimum atomic E-state index is 0.519. The van der Waals surface area contributed by atoms with E-state index >= 15 is 0 Å². The number of benzene rings is 1. The van der Waals surface area contributed by atoms with Gasteiger partial charge >= 0.3 is 0 Å². The van der Waals surface area contributed by atoms with E-state index in [0.29, 0.717) is 24.1 Å². The number of amides is 1. The quantitative estimate of drug-likeness (QED) is 0.872. The number of anilines is 3. The summed E-state index contributed by atoms with van der Waals surface area (Å²) in [5, 5.41) is 3.79. The number of rotatable bonds is 4. The highest BCUT2D eigenvalue weighted by molar-refractivity contribution is 6.33. The molecular weight excluding hydrogens is 314 g/mol. The Morgan fingerprint density at radius 2 is 1.91 bits per heavy atom. The van der Waals surface area contributed by atoms with E-state index in [-0.39, 0.29) is 0 Å². The van der Waals surface area contributed by atoms with Crippen molar-refractivity contribution in [3.8, 4) is 0 Å². The van der Waals surface area contributed by atoms with Crippen molar-refractivity contribution in [3.63, 3.8) is 0 Å². The van der Waals surface area contributed by atoms with Crippen LogP contribution in [-0.2, 0) is 4.79 Å². The number of nitrogens with one attached hydrogen (secondary N) is 1. The van der Waals surface area contributed by atoms with Gasteiger partial charge in [0, 0.05) is 37.9 Å². The highest BCUT2D eigenvalue weighted by Gasteiger charge is 2.18. The molecule has 23 heavy (non-hydrogen) atoms. The zero-order valence-electron chi connectivity index (χ0n) is 12.9. The molecule has 1 saturated heterocycles. The summed E-state index contributed by atoms with van der Waals surface area (Å²) in [5.74, 6) is 1.38. The summed E-state index contributed by atoms with van der Waals surface area (Å²) >= 11 is 6.17. The Labute approximate surface area is 140 Å². The third kappa shape index (κ3) is 3.71. The summed E-state index contributed by atoms with van der Waals surface area (Å²) in [6.45, 7) is 4.88. The van der Waals surface area contributed by atoms with Crippen LogP contribution >= 0.6 is 11.6 Å². The van der Waals surface area contributed by atoms with Gasteiger partial charge in [-0.3, -0.25) is 4.79 Å². The van der Waals surface area contributed by atoms with Crippen LogP contribution in [0.2, 0.25) is 5.02 Å². The molecule has 1 N–H and O–H groups in total. The molecule has 0 bridgehead atoms. The number of nitrogens with zero attached hydrogens (tertiary/aromatic N) is 4. The molecule has 2 aromatic rings. The average Bonchev–Trinajstić information content (AvgIpc) is 2.56. The van der Waals surface area contributed by atoms with Crippen LogP contribution in [0.4, 0.5) is 17.5 Å². The first-order chi connectivity index (χ1) is 11.2. The number of aryl methyl sites for hydroxylation is 1. The molecule has 0 atom stereocenters. The fraction of sp³-hybridized carbons (Fsp3) is 0.312. The van der Waals surface area contributed by atoms with Crippen LogP contribution in [-0.4, -0.2) is 47.5 Å². The number of carbonyl (C=O) groups excluding carboxylic acids is 1. The average molecular weight is 332 g/mol. The Morgan fingerprint density at radius 1 is 1.17 bits per heavy atom. The van der Waals surface area contributed by atoms with Gasteiger partial charge < -0.3 is 15.1 Å². The maximum atomic E-state index is 10.8. The number of piperazine rings is 1. The molecule has 0 spiro atoms. The third-order valence-corrected chi connectivity index (χ3v) is 4.08. The molecule has 0 unspecified atom stereocenters. The zero-order valence-corrected chi connectivity index (χ0v) is 13.6. The predicted molar refractivity (Wildman–Crippen MR) is 91.4 cm³/mol. The molecule has 0 radical (unpaired) electrons. The van der Waals surface area contributed by atoms with Crippen LogP contribution in [0.15, 0.2) is 30.3 Å². The Balaban J connectivity index is 1.80. The van der Waals surface area contributed by atoms with Crippen molar-refractivity contribution < 1.29 is 4.79 Å². The van der Waals surface area contributed by atoms with Gasteiger partial charge in [0.2, 0.25) is 12.4 Å². The molecule has 1 fully saturated rings. The first-order valence-corrected chi connectivity index (χ1v) is 7.85. The largest absolute Gasteiger partial charge is 0.353 e. The van der Waals surface area contributed by atoms with Crippen LogP contribution in [0.3, 0.4) is 0 Å². The maximum absolute atomic E-state index is 10.8. The molecule has 0 aliphatic carbocycles. The van der Waals surface area contributed by atoms with Gasteiger partial charge in [-0.25, -0.2) is 4.98 Å². The van der Waals surface area contributed by atoms with Gasteiger partial charge in [-0.1, -0.05) is 23.7 Å². The molecular formula is C16H18ClN5O. The second-order valence-electron chi connectivity index (χ2n) is 5.42. The monoisotopic (exact) mass is 331 g/mol. The van der Waals surface area contributed by atoms with E-state index in [2.05, 4.69) is 20.2 Å². The minimum absolute atomic E-state index is 0.519. The summed E-state index contributed by atoms with van der Waals surface area (Å²) in [6.07, 6.45) is 0.896. The van der Waals surface area contributed by atoms with Crippen molar-refractivity contribution in [3.05, 3.63) is 41.0 Å².